The zero-order chi connectivity index (χ0) is 14.5. The maximum Gasteiger partial charge on any atom is 0.193 e. The summed E-state index contributed by atoms with van der Waals surface area (Å²) in [7, 11) is 0. The van der Waals surface area contributed by atoms with Crippen LogP contribution in [-0.2, 0) is 0 Å². The summed E-state index contributed by atoms with van der Waals surface area (Å²) >= 11 is 0. The van der Waals surface area contributed by atoms with Crippen molar-refractivity contribution in [3.8, 4) is 0 Å². The van der Waals surface area contributed by atoms with Crippen molar-refractivity contribution < 1.29 is 4.79 Å². The van der Waals surface area contributed by atoms with Crippen LogP contribution in [0.15, 0.2) is 48.5 Å². The van der Waals surface area contributed by atoms with Crippen molar-refractivity contribution in [2.24, 2.45) is 0 Å². The second kappa shape index (κ2) is 6.38. The van der Waals surface area contributed by atoms with Gasteiger partial charge in [0, 0.05) is 29.9 Å². The number of ketones is 1. The van der Waals surface area contributed by atoms with Crippen molar-refractivity contribution >= 4 is 11.5 Å². The molecule has 2 aromatic rings. The first-order valence-electron chi connectivity index (χ1n) is 7.12. The van der Waals surface area contributed by atoms with Gasteiger partial charge in [0.15, 0.2) is 5.78 Å². The van der Waals surface area contributed by atoms with Crippen molar-refractivity contribution in [3.63, 3.8) is 0 Å². The molecular weight excluding hydrogens is 246 g/mol. The van der Waals surface area contributed by atoms with Gasteiger partial charge in [-0.1, -0.05) is 23.8 Å². The highest BCUT2D eigenvalue weighted by Crippen LogP contribution is 2.17. The lowest BCUT2D eigenvalue weighted by molar-refractivity contribution is 0.103. The van der Waals surface area contributed by atoms with Crippen molar-refractivity contribution in [2.45, 2.75) is 20.8 Å². The number of rotatable bonds is 5. The van der Waals surface area contributed by atoms with Crippen LogP contribution >= 0.6 is 0 Å². The smallest absolute Gasteiger partial charge is 0.193 e. The highest BCUT2D eigenvalue weighted by Gasteiger charge is 2.09. The summed E-state index contributed by atoms with van der Waals surface area (Å²) in [5.74, 6) is 0.0831. The molecule has 20 heavy (non-hydrogen) atoms. The normalized spacial score (nSPS) is 10.3. The molecule has 2 heteroatoms. The molecule has 0 amide bonds. The first-order valence-corrected chi connectivity index (χ1v) is 7.12. The maximum atomic E-state index is 12.4. The highest BCUT2D eigenvalue weighted by atomic mass is 16.1. The summed E-state index contributed by atoms with van der Waals surface area (Å²) in [5.41, 5.74) is 3.76. The van der Waals surface area contributed by atoms with Crippen LogP contribution in [0, 0.1) is 6.92 Å². The Balaban J connectivity index is 2.24. The van der Waals surface area contributed by atoms with E-state index in [0.29, 0.717) is 0 Å². The van der Waals surface area contributed by atoms with Crippen LogP contribution in [0.25, 0.3) is 0 Å². The van der Waals surface area contributed by atoms with Gasteiger partial charge in [0.1, 0.15) is 0 Å². The number of benzene rings is 2. The largest absolute Gasteiger partial charge is 0.372 e. The number of nitrogens with zero attached hydrogens (tertiary/aromatic N) is 1. The Labute approximate surface area is 121 Å². The molecule has 0 fully saturated rings. The third-order valence-electron chi connectivity index (χ3n) is 3.54. The number of hydrogen-bond acceptors (Lipinski definition) is 2. The van der Waals surface area contributed by atoms with E-state index in [1.165, 1.54) is 0 Å². The molecule has 0 atom stereocenters. The van der Waals surface area contributed by atoms with Gasteiger partial charge in [0.2, 0.25) is 0 Å². The van der Waals surface area contributed by atoms with Gasteiger partial charge >= 0.3 is 0 Å². The molecule has 2 nitrogen and oxygen atoms in total. The monoisotopic (exact) mass is 267 g/mol. The van der Waals surface area contributed by atoms with Gasteiger partial charge in [-0.2, -0.15) is 0 Å². The first-order chi connectivity index (χ1) is 9.65. The van der Waals surface area contributed by atoms with E-state index in [1.807, 2.05) is 55.5 Å². The number of hydrogen-bond donors (Lipinski definition) is 0. The lowest BCUT2D eigenvalue weighted by Gasteiger charge is -2.21. The zero-order valence-electron chi connectivity index (χ0n) is 12.4. The summed E-state index contributed by atoms with van der Waals surface area (Å²) in [6.45, 7) is 8.22. The van der Waals surface area contributed by atoms with Crippen molar-refractivity contribution in [1.82, 2.24) is 0 Å². The standard InChI is InChI=1S/C18H21NO/c1-4-19(5-2)17-11-9-15(10-12-17)18(20)16-8-6-7-14(3)13-16/h6-13H,4-5H2,1-3H3. The van der Waals surface area contributed by atoms with Crippen LogP contribution in [-0.4, -0.2) is 18.9 Å². The third-order valence-corrected chi connectivity index (χ3v) is 3.54. The van der Waals surface area contributed by atoms with Crippen molar-refractivity contribution in [1.29, 1.82) is 0 Å². The van der Waals surface area contributed by atoms with Gasteiger partial charge in [-0.15, -0.1) is 0 Å². The third kappa shape index (κ3) is 3.08. The van der Waals surface area contributed by atoms with Crippen LogP contribution in [0.1, 0.15) is 35.3 Å². The lowest BCUT2D eigenvalue weighted by atomic mass is 10.0. The Bertz CT molecular complexity index is 583. The Kier molecular flexibility index (Phi) is 4.57. The quantitative estimate of drug-likeness (QED) is 0.761. The molecule has 0 aliphatic rings. The van der Waals surface area contributed by atoms with Gasteiger partial charge in [-0.3, -0.25) is 4.79 Å². The fourth-order valence-electron chi connectivity index (χ4n) is 2.37. The maximum absolute atomic E-state index is 12.4. The molecule has 0 bridgehead atoms. The minimum atomic E-state index is 0.0831. The van der Waals surface area contributed by atoms with E-state index < -0.39 is 0 Å². The summed E-state index contributed by atoms with van der Waals surface area (Å²) in [5, 5.41) is 0. The molecule has 0 aliphatic carbocycles. The lowest BCUT2D eigenvalue weighted by Crippen LogP contribution is -2.21. The predicted molar refractivity (Wildman–Crippen MR) is 84.6 cm³/mol. The fraction of sp³-hybridized carbons (Fsp3) is 0.278. The van der Waals surface area contributed by atoms with Crippen molar-refractivity contribution in [2.75, 3.05) is 18.0 Å². The van der Waals surface area contributed by atoms with Crippen LogP contribution < -0.4 is 4.90 Å². The van der Waals surface area contributed by atoms with Gasteiger partial charge in [-0.05, 0) is 51.1 Å². The highest BCUT2D eigenvalue weighted by molar-refractivity contribution is 6.09. The van der Waals surface area contributed by atoms with Gasteiger partial charge < -0.3 is 4.90 Å². The molecule has 0 unspecified atom stereocenters. The molecule has 0 radical (unpaired) electrons. The Hall–Kier alpha value is -2.09. The molecule has 2 rings (SSSR count). The molecule has 0 saturated heterocycles. The van der Waals surface area contributed by atoms with E-state index >= 15 is 0 Å². The van der Waals surface area contributed by atoms with E-state index in [4.69, 9.17) is 0 Å². The SMILES string of the molecule is CCN(CC)c1ccc(C(=O)c2cccc(C)c2)cc1. The van der Waals surface area contributed by atoms with E-state index in [0.717, 1.165) is 35.5 Å². The molecule has 0 aromatic heterocycles. The molecule has 0 aliphatic heterocycles. The summed E-state index contributed by atoms with van der Waals surface area (Å²) in [6, 6.07) is 15.6. The first kappa shape index (κ1) is 14.3. The van der Waals surface area contributed by atoms with Gasteiger partial charge in [-0.25, -0.2) is 0 Å². The average Bonchev–Trinajstić information content (AvgIpc) is 2.48. The molecule has 104 valence electrons. The molecular formula is C18H21NO. The van der Waals surface area contributed by atoms with Crippen LogP contribution in [0.5, 0.6) is 0 Å². The Morgan fingerprint density at radius 3 is 2.15 bits per heavy atom. The topological polar surface area (TPSA) is 20.3 Å². The Morgan fingerprint density at radius 1 is 0.950 bits per heavy atom. The van der Waals surface area contributed by atoms with E-state index in [9.17, 15) is 4.79 Å². The van der Waals surface area contributed by atoms with Crippen molar-refractivity contribution in [3.05, 3.63) is 65.2 Å². The summed E-state index contributed by atoms with van der Waals surface area (Å²) in [4.78, 5) is 14.7. The van der Waals surface area contributed by atoms with E-state index in [2.05, 4.69) is 18.7 Å². The molecule has 0 saturated carbocycles. The minimum Gasteiger partial charge on any atom is -0.372 e. The van der Waals surface area contributed by atoms with Crippen LogP contribution in [0.3, 0.4) is 0 Å². The van der Waals surface area contributed by atoms with Gasteiger partial charge in [0.25, 0.3) is 0 Å². The molecule has 0 N–H and O–H groups in total. The second-order valence-corrected chi connectivity index (χ2v) is 4.92. The van der Waals surface area contributed by atoms with E-state index in [-0.39, 0.29) is 5.78 Å². The number of carbonyl (C=O) groups is 1. The molecule has 0 spiro atoms. The summed E-state index contributed by atoms with van der Waals surface area (Å²) in [6.07, 6.45) is 0. The average molecular weight is 267 g/mol. The second-order valence-electron chi connectivity index (χ2n) is 4.92. The molecule has 2 aromatic carbocycles. The number of carbonyl (C=O) groups excluding carboxylic acids is 1. The number of anilines is 1. The van der Waals surface area contributed by atoms with Gasteiger partial charge in [0.05, 0.1) is 0 Å². The predicted octanol–water partition coefficient (Wildman–Crippen LogP) is 4.07. The fourth-order valence-corrected chi connectivity index (χ4v) is 2.37. The zero-order valence-corrected chi connectivity index (χ0v) is 12.4. The van der Waals surface area contributed by atoms with Crippen LogP contribution in [0.4, 0.5) is 5.69 Å². The minimum absolute atomic E-state index is 0.0831. The Morgan fingerprint density at radius 2 is 1.60 bits per heavy atom. The molecule has 0 heterocycles. The van der Waals surface area contributed by atoms with Crippen LogP contribution in [0.2, 0.25) is 0 Å². The number of aryl methyl sites for hydroxylation is 1. The summed E-state index contributed by atoms with van der Waals surface area (Å²) < 4.78 is 0. The van der Waals surface area contributed by atoms with E-state index in [1.54, 1.807) is 0 Å².